The lowest BCUT2D eigenvalue weighted by Gasteiger charge is -2.37. The lowest BCUT2D eigenvalue weighted by atomic mass is 10.1. The molecule has 0 bridgehead atoms. The van der Waals surface area contributed by atoms with Crippen molar-refractivity contribution < 1.29 is 5.11 Å². The zero-order valence-electron chi connectivity index (χ0n) is 16.4. The molecule has 2 heterocycles. The van der Waals surface area contributed by atoms with Crippen molar-refractivity contribution in [3.63, 3.8) is 0 Å². The van der Waals surface area contributed by atoms with Crippen LogP contribution < -0.4 is 10.2 Å². The van der Waals surface area contributed by atoms with Gasteiger partial charge in [0, 0.05) is 45.3 Å². The number of aromatic nitrogens is 1. The normalized spacial score (nSPS) is 15.7. The first-order valence-corrected chi connectivity index (χ1v) is 9.67. The molecule has 2 N–H and O–H groups in total. The second-order valence-electron chi connectivity index (χ2n) is 6.70. The summed E-state index contributed by atoms with van der Waals surface area (Å²) in [6, 6.07) is 16.1. The van der Waals surface area contributed by atoms with Crippen molar-refractivity contribution in [3.8, 4) is 0 Å². The van der Waals surface area contributed by atoms with Crippen LogP contribution in [0.1, 0.15) is 12.5 Å². The molecule has 1 aliphatic heterocycles. The van der Waals surface area contributed by atoms with Crippen LogP contribution in [0.2, 0.25) is 0 Å². The van der Waals surface area contributed by atoms with E-state index in [0.717, 1.165) is 50.1 Å². The number of aliphatic imine (C=N–C) groups is 1. The van der Waals surface area contributed by atoms with Gasteiger partial charge >= 0.3 is 0 Å². The Labute approximate surface area is 184 Å². The second-order valence-corrected chi connectivity index (χ2v) is 6.70. The van der Waals surface area contributed by atoms with Crippen LogP contribution in [0.4, 0.5) is 5.82 Å². The summed E-state index contributed by atoms with van der Waals surface area (Å²) >= 11 is 0. The molecule has 3 rings (SSSR count). The number of nitrogens with zero attached hydrogens (tertiary/aromatic N) is 4. The number of halogens is 1. The molecule has 0 saturated carbocycles. The van der Waals surface area contributed by atoms with E-state index in [-0.39, 0.29) is 24.0 Å². The van der Waals surface area contributed by atoms with Gasteiger partial charge in [0.25, 0.3) is 0 Å². The number of aliphatic hydroxyl groups is 1. The van der Waals surface area contributed by atoms with Crippen molar-refractivity contribution in [1.29, 1.82) is 0 Å². The van der Waals surface area contributed by atoms with Crippen molar-refractivity contribution in [1.82, 2.24) is 15.2 Å². The minimum Gasteiger partial charge on any atom is -0.391 e. The van der Waals surface area contributed by atoms with Crippen LogP contribution in [0.25, 0.3) is 0 Å². The number of piperazine rings is 1. The first-order chi connectivity index (χ1) is 13.3. The maximum Gasteiger partial charge on any atom is 0.194 e. The molecule has 1 saturated heterocycles. The Kier molecular flexibility index (Phi) is 9.49. The predicted molar refractivity (Wildman–Crippen MR) is 126 cm³/mol. The third-order valence-corrected chi connectivity index (χ3v) is 4.65. The zero-order chi connectivity index (χ0) is 18.9. The van der Waals surface area contributed by atoms with E-state index in [1.165, 1.54) is 0 Å². The first-order valence-electron chi connectivity index (χ1n) is 9.67. The topological polar surface area (TPSA) is 64.0 Å². The van der Waals surface area contributed by atoms with Gasteiger partial charge in [-0.15, -0.1) is 24.0 Å². The summed E-state index contributed by atoms with van der Waals surface area (Å²) in [5.74, 6) is 1.91. The molecule has 0 amide bonds. The summed E-state index contributed by atoms with van der Waals surface area (Å²) in [7, 11) is 0. The molecule has 152 valence electrons. The number of pyridine rings is 1. The number of aliphatic hydroxyl groups excluding tert-OH is 1. The van der Waals surface area contributed by atoms with Crippen molar-refractivity contribution in [3.05, 3.63) is 60.3 Å². The largest absolute Gasteiger partial charge is 0.391 e. The van der Waals surface area contributed by atoms with E-state index in [9.17, 15) is 5.11 Å². The Balaban J connectivity index is 0.00000280. The second kappa shape index (κ2) is 11.9. The maximum atomic E-state index is 10.3. The van der Waals surface area contributed by atoms with Crippen molar-refractivity contribution >= 4 is 35.8 Å². The Morgan fingerprint density at radius 2 is 1.82 bits per heavy atom. The van der Waals surface area contributed by atoms with Gasteiger partial charge in [0.1, 0.15) is 5.82 Å². The van der Waals surface area contributed by atoms with Gasteiger partial charge in [-0.3, -0.25) is 4.99 Å². The Bertz CT molecular complexity index is 705. The summed E-state index contributed by atoms with van der Waals surface area (Å²) in [5, 5.41) is 13.7. The third kappa shape index (κ3) is 6.63. The Morgan fingerprint density at radius 1 is 1.11 bits per heavy atom. The fourth-order valence-corrected chi connectivity index (χ4v) is 3.26. The number of benzene rings is 1. The van der Waals surface area contributed by atoms with E-state index in [2.05, 4.69) is 38.1 Å². The number of hydrogen-bond donors (Lipinski definition) is 2. The number of hydrogen-bond acceptors (Lipinski definition) is 4. The van der Waals surface area contributed by atoms with Gasteiger partial charge in [0.05, 0.1) is 12.6 Å². The van der Waals surface area contributed by atoms with Crippen molar-refractivity contribution in [2.24, 2.45) is 4.99 Å². The summed E-state index contributed by atoms with van der Waals surface area (Å²) in [6.45, 7) is 6.88. The van der Waals surface area contributed by atoms with E-state index in [4.69, 9.17) is 0 Å². The van der Waals surface area contributed by atoms with Gasteiger partial charge < -0.3 is 20.2 Å². The molecule has 0 spiro atoms. The van der Waals surface area contributed by atoms with Crippen LogP contribution in [0.3, 0.4) is 0 Å². The molecule has 7 heteroatoms. The van der Waals surface area contributed by atoms with Crippen molar-refractivity contribution in [2.45, 2.75) is 19.4 Å². The van der Waals surface area contributed by atoms with E-state index >= 15 is 0 Å². The van der Waals surface area contributed by atoms with Crippen LogP contribution in [0, 0.1) is 0 Å². The standard InChI is InChI=1S/C21H29N5O.HI/c1-2-22-21(24-17-19(27)16-18-8-4-3-5-9-18)26-14-12-25(13-15-26)20-10-6-7-11-23-20;/h3-11,19,27H,2,12-17H2,1H3,(H,22,24);1H. The van der Waals surface area contributed by atoms with E-state index in [0.29, 0.717) is 13.0 Å². The van der Waals surface area contributed by atoms with Crippen LogP contribution in [-0.4, -0.2) is 66.3 Å². The van der Waals surface area contributed by atoms with Gasteiger partial charge in [0.2, 0.25) is 0 Å². The quantitative estimate of drug-likeness (QED) is 0.366. The molecule has 0 aliphatic carbocycles. The monoisotopic (exact) mass is 495 g/mol. The maximum absolute atomic E-state index is 10.3. The van der Waals surface area contributed by atoms with Crippen LogP contribution >= 0.6 is 24.0 Å². The highest BCUT2D eigenvalue weighted by Crippen LogP contribution is 2.12. The van der Waals surface area contributed by atoms with Gasteiger partial charge in [0.15, 0.2) is 5.96 Å². The van der Waals surface area contributed by atoms with Crippen LogP contribution in [0.15, 0.2) is 59.7 Å². The lowest BCUT2D eigenvalue weighted by molar-refractivity contribution is 0.183. The fraction of sp³-hybridized carbons (Fsp3) is 0.429. The van der Waals surface area contributed by atoms with E-state index in [1.54, 1.807) is 0 Å². The number of anilines is 1. The lowest BCUT2D eigenvalue weighted by Crippen LogP contribution is -2.53. The molecule has 1 fully saturated rings. The third-order valence-electron chi connectivity index (χ3n) is 4.65. The molecule has 1 atom stereocenters. The molecule has 1 unspecified atom stereocenters. The number of guanidine groups is 1. The number of nitrogens with one attached hydrogen (secondary N) is 1. The molecule has 1 aliphatic rings. The molecule has 1 aromatic heterocycles. The van der Waals surface area contributed by atoms with E-state index < -0.39 is 6.10 Å². The molecule has 2 aromatic rings. The SMILES string of the molecule is CCNC(=NCC(O)Cc1ccccc1)N1CCN(c2ccccn2)CC1.I. The average Bonchev–Trinajstić information content (AvgIpc) is 2.73. The zero-order valence-corrected chi connectivity index (χ0v) is 18.7. The van der Waals surface area contributed by atoms with Crippen LogP contribution in [-0.2, 0) is 6.42 Å². The fourth-order valence-electron chi connectivity index (χ4n) is 3.26. The minimum absolute atomic E-state index is 0. The van der Waals surface area contributed by atoms with Crippen LogP contribution in [0.5, 0.6) is 0 Å². The predicted octanol–water partition coefficient (Wildman–Crippen LogP) is 2.39. The molecule has 1 aromatic carbocycles. The molecule has 0 radical (unpaired) electrons. The highest BCUT2D eigenvalue weighted by Gasteiger charge is 2.20. The minimum atomic E-state index is -0.476. The van der Waals surface area contributed by atoms with Gasteiger partial charge in [-0.25, -0.2) is 4.98 Å². The highest BCUT2D eigenvalue weighted by atomic mass is 127. The van der Waals surface area contributed by atoms with E-state index in [1.807, 2.05) is 48.7 Å². The Morgan fingerprint density at radius 3 is 2.46 bits per heavy atom. The number of rotatable bonds is 6. The van der Waals surface area contributed by atoms with Gasteiger partial charge in [-0.1, -0.05) is 36.4 Å². The molecular weight excluding hydrogens is 465 g/mol. The smallest absolute Gasteiger partial charge is 0.194 e. The summed E-state index contributed by atoms with van der Waals surface area (Å²) in [6.07, 6.45) is 1.98. The Hall–Kier alpha value is -1.87. The average molecular weight is 495 g/mol. The van der Waals surface area contributed by atoms with Crippen molar-refractivity contribution in [2.75, 3.05) is 44.2 Å². The molecular formula is C21H30IN5O. The highest BCUT2D eigenvalue weighted by molar-refractivity contribution is 14.0. The van der Waals surface area contributed by atoms with Gasteiger partial charge in [-0.05, 0) is 24.6 Å². The summed E-state index contributed by atoms with van der Waals surface area (Å²) in [4.78, 5) is 13.7. The summed E-state index contributed by atoms with van der Waals surface area (Å²) in [5.41, 5.74) is 1.13. The summed E-state index contributed by atoms with van der Waals surface area (Å²) < 4.78 is 0. The first kappa shape index (κ1) is 22.4. The molecule has 6 nitrogen and oxygen atoms in total. The molecule has 28 heavy (non-hydrogen) atoms. The van der Waals surface area contributed by atoms with Gasteiger partial charge in [-0.2, -0.15) is 0 Å².